The monoisotopic (exact) mass is 614 g/mol. The van der Waals surface area contributed by atoms with Crippen LogP contribution in [0.1, 0.15) is 71.4 Å². The van der Waals surface area contributed by atoms with Crippen LogP contribution in [0.3, 0.4) is 0 Å². The van der Waals surface area contributed by atoms with Crippen molar-refractivity contribution in [3.8, 4) is 5.75 Å². The first kappa shape index (κ1) is 30.0. The fourth-order valence-corrected chi connectivity index (χ4v) is 6.62. The molecule has 6 rings (SSSR count). The second-order valence-corrected chi connectivity index (χ2v) is 11.7. The lowest BCUT2D eigenvalue weighted by molar-refractivity contribution is -0.145. The number of nitrogens with one attached hydrogen (secondary N) is 3. The Bertz CT molecular complexity index is 1660. The van der Waals surface area contributed by atoms with Gasteiger partial charge in [-0.1, -0.05) is 19.3 Å². The number of piperidine rings is 1. The number of aromatic amines is 1. The maximum Gasteiger partial charge on any atom is 0.262 e. The molecule has 1 aliphatic carbocycles. The highest BCUT2D eigenvalue weighted by atomic mass is 16.5. The van der Waals surface area contributed by atoms with Crippen molar-refractivity contribution in [1.29, 1.82) is 0 Å². The SMILES string of the molecule is CNC(=O)C(C1CCCCC1)N(Cc1cc2cnccc2[nH]1)C(=O)COc1ccc2c(c1)C(=O)N(C1CCC(=O)NC1=O)C2=O. The van der Waals surface area contributed by atoms with Gasteiger partial charge in [0, 0.05) is 42.5 Å². The molecule has 0 bridgehead atoms. The Balaban J connectivity index is 1.22. The standard InChI is InChI=1S/C32H34N6O7/c1-33-30(42)28(18-5-3-2-4-6-18)37(16-20-13-19-15-34-12-11-24(19)35-20)27(40)17-45-21-7-8-22-23(14-21)32(44)38(31(22)43)25-9-10-26(39)36-29(25)41/h7-8,11-15,18,25,28,35H,2-6,9-10,16-17H2,1H3,(H,33,42)(H,36,39,41). The summed E-state index contributed by atoms with van der Waals surface area (Å²) in [5, 5.41) is 5.80. The van der Waals surface area contributed by atoms with E-state index in [0.29, 0.717) is 0 Å². The van der Waals surface area contributed by atoms with Gasteiger partial charge in [0.25, 0.3) is 17.7 Å². The summed E-state index contributed by atoms with van der Waals surface area (Å²) >= 11 is 0. The lowest BCUT2D eigenvalue weighted by Gasteiger charge is -2.37. The molecule has 0 radical (unpaired) electrons. The number of imide groups is 2. The van der Waals surface area contributed by atoms with Crippen molar-refractivity contribution in [2.45, 2.75) is 63.6 Å². The van der Waals surface area contributed by atoms with Gasteiger partial charge in [0.2, 0.25) is 17.7 Å². The van der Waals surface area contributed by atoms with E-state index < -0.39 is 48.2 Å². The van der Waals surface area contributed by atoms with Crippen molar-refractivity contribution in [3.63, 3.8) is 0 Å². The number of H-pyrrole nitrogens is 1. The molecule has 2 aliphatic heterocycles. The highest BCUT2D eigenvalue weighted by Gasteiger charge is 2.45. The molecule has 4 heterocycles. The first-order valence-electron chi connectivity index (χ1n) is 15.2. The molecule has 45 heavy (non-hydrogen) atoms. The molecule has 3 N–H and O–H groups in total. The van der Waals surface area contributed by atoms with E-state index >= 15 is 0 Å². The zero-order chi connectivity index (χ0) is 31.7. The molecule has 1 aromatic carbocycles. The minimum absolute atomic E-state index is 0.0179. The molecule has 2 aromatic heterocycles. The normalized spacial score (nSPS) is 19.3. The van der Waals surface area contributed by atoms with Crippen LogP contribution >= 0.6 is 0 Å². The minimum Gasteiger partial charge on any atom is -0.484 e. The number of hydrogen-bond acceptors (Lipinski definition) is 8. The molecular formula is C32H34N6O7. The summed E-state index contributed by atoms with van der Waals surface area (Å²) in [7, 11) is 1.56. The number of rotatable bonds is 9. The molecule has 234 valence electrons. The summed E-state index contributed by atoms with van der Waals surface area (Å²) in [6, 6.07) is 6.23. The predicted molar refractivity (Wildman–Crippen MR) is 160 cm³/mol. The molecule has 0 spiro atoms. The zero-order valence-corrected chi connectivity index (χ0v) is 24.8. The minimum atomic E-state index is -1.09. The van der Waals surface area contributed by atoms with Gasteiger partial charge in [-0.05, 0) is 55.5 Å². The van der Waals surface area contributed by atoms with E-state index in [2.05, 4.69) is 20.6 Å². The smallest absolute Gasteiger partial charge is 0.262 e. The fourth-order valence-electron chi connectivity index (χ4n) is 6.62. The second-order valence-electron chi connectivity index (χ2n) is 11.7. The van der Waals surface area contributed by atoms with Crippen LogP contribution in [0.5, 0.6) is 5.75 Å². The molecule has 13 heteroatoms. The lowest BCUT2D eigenvalue weighted by Crippen LogP contribution is -2.54. The molecule has 1 saturated heterocycles. The summed E-state index contributed by atoms with van der Waals surface area (Å²) in [5.74, 6) is -2.96. The Labute approximate surface area is 258 Å². The van der Waals surface area contributed by atoms with E-state index in [9.17, 15) is 28.8 Å². The van der Waals surface area contributed by atoms with Gasteiger partial charge in [-0.3, -0.25) is 44.0 Å². The van der Waals surface area contributed by atoms with E-state index in [1.165, 1.54) is 18.2 Å². The highest BCUT2D eigenvalue weighted by molar-refractivity contribution is 6.23. The molecule has 2 atom stereocenters. The van der Waals surface area contributed by atoms with Crippen LogP contribution in [0.4, 0.5) is 0 Å². The summed E-state index contributed by atoms with van der Waals surface area (Å²) in [5.41, 5.74) is 1.76. The van der Waals surface area contributed by atoms with Crippen molar-refractivity contribution in [3.05, 3.63) is 59.5 Å². The Morgan fingerprint density at radius 3 is 2.56 bits per heavy atom. The summed E-state index contributed by atoms with van der Waals surface area (Å²) in [4.78, 5) is 87.4. The predicted octanol–water partition coefficient (Wildman–Crippen LogP) is 2.07. The molecule has 2 fully saturated rings. The number of benzene rings is 1. The van der Waals surface area contributed by atoms with E-state index in [1.54, 1.807) is 24.3 Å². The van der Waals surface area contributed by atoms with Gasteiger partial charge >= 0.3 is 0 Å². The van der Waals surface area contributed by atoms with Crippen LogP contribution in [0.15, 0.2) is 42.7 Å². The quantitative estimate of drug-likeness (QED) is 0.308. The van der Waals surface area contributed by atoms with E-state index in [4.69, 9.17) is 4.74 Å². The largest absolute Gasteiger partial charge is 0.484 e. The highest BCUT2D eigenvalue weighted by Crippen LogP contribution is 2.32. The first-order chi connectivity index (χ1) is 21.7. The Morgan fingerprint density at radius 2 is 1.82 bits per heavy atom. The number of ether oxygens (including phenoxy) is 1. The number of fused-ring (bicyclic) bond motifs is 2. The number of likely N-dealkylation sites (N-methyl/N-ethyl adjacent to an activating group) is 1. The van der Waals surface area contributed by atoms with Gasteiger partial charge in [-0.2, -0.15) is 0 Å². The third kappa shape index (κ3) is 5.89. The number of pyridine rings is 1. The third-order valence-electron chi connectivity index (χ3n) is 8.86. The molecule has 1 saturated carbocycles. The van der Waals surface area contributed by atoms with Crippen molar-refractivity contribution >= 4 is 46.3 Å². The maximum atomic E-state index is 13.9. The van der Waals surface area contributed by atoms with Crippen LogP contribution in [-0.2, 0) is 25.7 Å². The van der Waals surface area contributed by atoms with Gasteiger partial charge in [-0.15, -0.1) is 0 Å². The number of hydrogen-bond donors (Lipinski definition) is 3. The van der Waals surface area contributed by atoms with Gasteiger partial charge in [0.05, 0.1) is 17.7 Å². The average molecular weight is 615 g/mol. The lowest BCUT2D eigenvalue weighted by atomic mass is 9.82. The number of aromatic nitrogens is 2. The third-order valence-corrected chi connectivity index (χ3v) is 8.86. The molecule has 6 amide bonds. The van der Waals surface area contributed by atoms with Crippen LogP contribution in [0.2, 0.25) is 0 Å². The van der Waals surface area contributed by atoms with Crippen LogP contribution < -0.4 is 15.4 Å². The second kappa shape index (κ2) is 12.5. The van der Waals surface area contributed by atoms with E-state index in [1.807, 2.05) is 12.1 Å². The van der Waals surface area contributed by atoms with Gasteiger partial charge in [-0.25, -0.2) is 0 Å². The van der Waals surface area contributed by atoms with Crippen LogP contribution in [0, 0.1) is 5.92 Å². The Kier molecular flexibility index (Phi) is 8.33. The van der Waals surface area contributed by atoms with Gasteiger partial charge in [0.15, 0.2) is 6.61 Å². The van der Waals surface area contributed by atoms with Gasteiger partial charge in [0.1, 0.15) is 17.8 Å². The van der Waals surface area contributed by atoms with Crippen molar-refractivity contribution in [2.75, 3.05) is 13.7 Å². The first-order valence-corrected chi connectivity index (χ1v) is 15.2. The Hall–Kier alpha value is -5.07. The maximum absolute atomic E-state index is 13.9. The van der Waals surface area contributed by atoms with Gasteiger partial charge < -0.3 is 19.9 Å². The summed E-state index contributed by atoms with van der Waals surface area (Å²) < 4.78 is 5.87. The molecule has 3 aliphatic rings. The molecule has 2 unspecified atom stereocenters. The fraction of sp³-hybridized carbons (Fsp3) is 0.406. The van der Waals surface area contributed by atoms with E-state index in [0.717, 1.165) is 53.6 Å². The summed E-state index contributed by atoms with van der Waals surface area (Å²) in [6.45, 7) is -0.274. The number of amides is 6. The number of nitrogens with zero attached hydrogens (tertiary/aromatic N) is 3. The summed E-state index contributed by atoms with van der Waals surface area (Å²) in [6.07, 6.45) is 8.15. The topological polar surface area (TPSA) is 171 Å². The molecule has 13 nitrogen and oxygen atoms in total. The number of carbonyl (C=O) groups is 6. The van der Waals surface area contributed by atoms with Crippen molar-refractivity contribution in [1.82, 2.24) is 30.4 Å². The van der Waals surface area contributed by atoms with Crippen LogP contribution in [0.25, 0.3) is 10.9 Å². The van der Waals surface area contributed by atoms with E-state index in [-0.39, 0.29) is 48.1 Å². The van der Waals surface area contributed by atoms with Crippen LogP contribution in [-0.4, -0.2) is 80.9 Å². The Morgan fingerprint density at radius 1 is 1.04 bits per heavy atom. The van der Waals surface area contributed by atoms with Crippen molar-refractivity contribution in [2.24, 2.45) is 5.92 Å². The molecular weight excluding hydrogens is 580 g/mol. The average Bonchev–Trinajstić information content (AvgIpc) is 3.57. The number of carbonyl (C=O) groups excluding carboxylic acids is 6. The molecule has 3 aromatic rings. The zero-order valence-electron chi connectivity index (χ0n) is 24.8. The van der Waals surface area contributed by atoms with Crippen molar-refractivity contribution < 1.29 is 33.5 Å².